The molecule has 0 saturated carbocycles. The lowest BCUT2D eigenvalue weighted by Crippen LogP contribution is -2.39. The molecule has 3 rings (SSSR count). The van der Waals surface area contributed by atoms with Crippen molar-refractivity contribution in [3.8, 4) is 0 Å². The zero-order valence-corrected chi connectivity index (χ0v) is 16.6. The van der Waals surface area contributed by atoms with E-state index in [1.807, 2.05) is 37.3 Å². The highest BCUT2D eigenvalue weighted by atomic mass is 32.2. The van der Waals surface area contributed by atoms with Gasteiger partial charge in [-0.2, -0.15) is 0 Å². The molecule has 1 fully saturated rings. The van der Waals surface area contributed by atoms with Gasteiger partial charge in [0.1, 0.15) is 5.82 Å². The summed E-state index contributed by atoms with van der Waals surface area (Å²) in [4.78, 5) is 1.80. The van der Waals surface area contributed by atoms with Gasteiger partial charge in [-0.25, -0.2) is 4.39 Å². The second-order valence-electron chi connectivity index (χ2n) is 6.82. The van der Waals surface area contributed by atoms with Crippen LogP contribution in [0, 0.1) is 5.82 Å². The standard InChI is InChI=1S/C21H24FNO3S/c1-14-13-21(25-3,8-9-26-14)17-10-18(22)12-20(11-17)27-19-6-4-16(5-7-19)15(2)23-24/h4-7,10-12,14,24H,8-9,13H2,1-3H3/b23-15-/t14-,21+/m0/s1. The molecule has 0 unspecified atom stereocenters. The highest BCUT2D eigenvalue weighted by Gasteiger charge is 2.38. The van der Waals surface area contributed by atoms with Crippen molar-refractivity contribution in [2.75, 3.05) is 13.7 Å². The second-order valence-corrected chi connectivity index (χ2v) is 7.97. The minimum Gasteiger partial charge on any atom is -0.411 e. The van der Waals surface area contributed by atoms with Gasteiger partial charge >= 0.3 is 0 Å². The van der Waals surface area contributed by atoms with Crippen LogP contribution in [0.25, 0.3) is 0 Å². The Balaban J connectivity index is 1.87. The number of ether oxygens (including phenoxy) is 2. The Morgan fingerprint density at radius 1 is 1.26 bits per heavy atom. The normalized spacial score (nSPS) is 23.4. The van der Waals surface area contributed by atoms with Crippen LogP contribution in [0.15, 0.2) is 57.4 Å². The third-order valence-corrected chi connectivity index (χ3v) is 5.95. The molecule has 2 aromatic carbocycles. The lowest BCUT2D eigenvalue weighted by molar-refractivity contribution is -0.122. The summed E-state index contributed by atoms with van der Waals surface area (Å²) in [5.41, 5.74) is 1.72. The molecule has 1 heterocycles. The summed E-state index contributed by atoms with van der Waals surface area (Å²) in [6.07, 6.45) is 1.48. The van der Waals surface area contributed by atoms with Crippen LogP contribution in [0.4, 0.5) is 4.39 Å². The smallest absolute Gasteiger partial charge is 0.124 e. The van der Waals surface area contributed by atoms with Gasteiger partial charge in [0.2, 0.25) is 0 Å². The highest BCUT2D eigenvalue weighted by Crippen LogP contribution is 2.40. The Kier molecular flexibility index (Phi) is 6.19. The maximum absolute atomic E-state index is 14.4. The molecule has 0 radical (unpaired) electrons. The average molecular weight is 389 g/mol. The Morgan fingerprint density at radius 3 is 2.63 bits per heavy atom. The predicted molar refractivity (Wildman–Crippen MR) is 104 cm³/mol. The monoisotopic (exact) mass is 389 g/mol. The van der Waals surface area contributed by atoms with Crippen LogP contribution < -0.4 is 0 Å². The molecular formula is C21H24FNO3S. The maximum atomic E-state index is 14.4. The third kappa shape index (κ3) is 4.51. The summed E-state index contributed by atoms with van der Waals surface area (Å²) in [7, 11) is 1.68. The molecule has 0 aromatic heterocycles. The van der Waals surface area contributed by atoms with E-state index in [4.69, 9.17) is 14.7 Å². The number of rotatable bonds is 5. The molecule has 27 heavy (non-hydrogen) atoms. The molecule has 1 aliphatic rings. The fourth-order valence-electron chi connectivity index (χ4n) is 3.46. The van der Waals surface area contributed by atoms with Crippen LogP contribution in [0.2, 0.25) is 0 Å². The first-order valence-electron chi connectivity index (χ1n) is 8.90. The fraction of sp³-hybridized carbons (Fsp3) is 0.381. The van der Waals surface area contributed by atoms with E-state index >= 15 is 0 Å². The number of benzene rings is 2. The molecule has 4 nitrogen and oxygen atoms in total. The van der Waals surface area contributed by atoms with Crippen LogP contribution >= 0.6 is 11.8 Å². The summed E-state index contributed by atoms with van der Waals surface area (Å²) in [5.74, 6) is -0.273. The van der Waals surface area contributed by atoms with Crippen LogP contribution in [-0.2, 0) is 15.1 Å². The molecule has 1 saturated heterocycles. The topological polar surface area (TPSA) is 51.0 Å². The predicted octanol–water partition coefficient (Wildman–Crippen LogP) is 5.22. The van der Waals surface area contributed by atoms with Crippen molar-refractivity contribution in [2.24, 2.45) is 5.16 Å². The number of halogens is 1. The van der Waals surface area contributed by atoms with Gasteiger partial charge in [-0.1, -0.05) is 29.1 Å². The van der Waals surface area contributed by atoms with E-state index in [0.717, 1.165) is 20.9 Å². The molecule has 2 aromatic rings. The minimum atomic E-state index is -0.520. The van der Waals surface area contributed by atoms with E-state index in [0.29, 0.717) is 25.2 Å². The summed E-state index contributed by atoms with van der Waals surface area (Å²) in [6, 6.07) is 12.7. The fourth-order valence-corrected chi connectivity index (χ4v) is 4.36. The first kappa shape index (κ1) is 19.9. The molecule has 1 N–H and O–H groups in total. The van der Waals surface area contributed by atoms with E-state index < -0.39 is 5.60 Å². The Morgan fingerprint density at radius 2 is 2.00 bits per heavy atom. The summed E-state index contributed by atoms with van der Waals surface area (Å²) >= 11 is 1.49. The van der Waals surface area contributed by atoms with Crippen molar-refractivity contribution in [1.82, 2.24) is 0 Å². The number of oxime groups is 1. The zero-order chi connectivity index (χ0) is 19.4. The summed E-state index contributed by atoms with van der Waals surface area (Å²) in [6.45, 7) is 4.35. The third-order valence-electron chi connectivity index (χ3n) is 4.97. The number of hydrogen-bond donors (Lipinski definition) is 1. The maximum Gasteiger partial charge on any atom is 0.124 e. The number of methoxy groups -OCH3 is 1. The molecule has 144 valence electrons. The summed E-state index contributed by atoms with van der Waals surface area (Å²) < 4.78 is 25.9. The lowest BCUT2D eigenvalue weighted by atomic mass is 9.83. The highest BCUT2D eigenvalue weighted by molar-refractivity contribution is 7.99. The Bertz CT molecular complexity index is 825. The van der Waals surface area contributed by atoms with E-state index in [1.165, 1.54) is 17.8 Å². The van der Waals surface area contributed by atoms with Gasteiger partial charge in [0.15, 0.2) is 0 Å². The van der Waals surface area contributed by atoms with Crippen molar-refractivity contribution >= 4 is 17.5 Å². The molecule has 0 aliphatic carbocycles. The number of hydrogen-bond acceptors (Lipinski definition) is 5. The van der Waals surface area contributed by atoms with Gasteiger partial charge in [0.05, 0.1) is 24.0 Å². The molecule has 2 atom stereocenters. The molecule has 0 amide bonds. The largest absolute Gasteiger partial charge is 0.411 e. The first-order chi connectivity index (χ1) is 13.0. The minimum absolute atomic E-state index is 0.0713. The van der Waals surface area contributed by atoms with Crippen molar-refractivity contribution in [3.63, 3.8) is 0 Å². The average Bonchev–Trinajstić information content (AvgIpc) is 2.67. The van der Waals surface area contributed by atoms with Crippen molar-refractivity contribution in [1.29, 1.82) is 0 Å². The molecule has 0 bridgehead atoms. The molecule has 0 spiro atoms. The lowest BCUT2D eigenvalue weighted by Gasteiger charge is -2.39. The molecular weight excluding hydrogens is 365 g/mol. The Hall–Kier alpha value is -1.89. The van der Waals surface area contributed by atoms with Gasteiger partial charge in [0, 0.05) is 29.7 Å². The SMILES string of the molecule is CO[C@]1(c2cc(F)cc(Sc3ccc(/C(C)=N\O)cc3)c2)CCO[C@@H](C)C1. The second kappa shape index (κ2) is 8.42. The zero-order valence-electron chi connectivity index (χ0n) is 15.7. The Labute approximate surface area is 163 Å². The van der Waals surface area contributed by atoms with Crippen LogP contribution in [-0.4, -0.2) is 30.7 Å². The van der Waals surface area contributed by atoms with Crippen LogP contribution in [0.1, 0.15) is 37.8 Å². The quantitative estimate of drug-likeness (QED) is 0.433. The van der Waals surface area contributed by atoms with Gasteiger partial charge < -0.3 is 14.7 Å². The molecule has 1 aliphatic heterocycles. The molecule has 6 heteroatoms. The summed E-state index contributed by atoms with van der Waals surface area (Å²) in [5, 5.41) is 12.1. The van der Waals surface area contributed by atoms with E-state index in [1.54, 1.807) is 20.1 Å². The van der Waals surface area contributed by atoms with E-state index in [2.05, 4.69) is 5.16 Å². The van der Waals surface area contributed by atoms with Gasteiger partial charge in [-0.05, 0) is 55.3 Å². The van der Waals surface area contributed by atoms with Gasteiger partial charge in [-0.3, -0.25) is 0 Å². The van der Waals surface area contributed by atoms with Crippen LogP contribution in [0.5, 0.6) is 0 Å². The van der Waals surface area contributed by atoms with E-state index in [-0.39, 0.29) is 11.9 Å². The first-order valence-corrected chi connectivity index (χ1v) is 9.72. The van der Waals surface area contributed by atoms with Crippen molar-refractivity contribution in [2.45, 2.75) is 48.2 Å². The van der Waals surface area contributed by atoms with Gasteiger partial charge in [-0.15, -0.1) is 0 Å². The van der Waals surface area contributed by atoms with Crippen LogP contribution in [0.3, 0.4) is 0 Å². The van der Waals surface area contributed by atoms with Gasteiger partial charge in [0.25, 0.3) is 0 Å². The number of nitrogens with zero attached hydrogens (tertiary/aromatic N) is 1. The van der Waals surface area contributed by atoms with Crippen molar-refractivity contribution in [3.05, 3.63) is 59.4 Å². The van der Waals surface area contributed by atoms with E-state index in [9.17, 15) is 4.39 Å². The van der Waals surface area contributed by atoms with Crippen molar-refractivity contribution < 1.29 is 19.1 Å².